The summed E-state index contributed by atoms with van der Waals surface area (Å²) in [5, 5.41) is 9.53. The first-order valence-electron chi connectivity index (χ1n) is 12.4. The maximum atomic E-state index is 12.9. The van der Waals surface area contributed by atoms with Crippen molar-refractivity contribution in [1.29, 1.82) is 0 Å². The summed E-state index contributed by atoms with van der Waals surface area (Å²) in [7, 11) is 0. The Morgan fingerprint density at radius 2 is 1.85 bits per heavy atom. The van der Waals surface area contributed by atoms with Crippen molar-refractivity contribution in [2.75, 3.05) is 45.0 Å². The number of aromatic nitrogens is 3. The summed E-state index contributed by atoms with van der Waals surface area (Å²) >= 11 is 1.45. The molecule has 4 rings (SSSR count). The smallest absolute Gasteiger partial charge is 0.236 e. The Kier molecular flexibility index (Phi) is 8.26. The fraction of sp³-hybridized carbons (Fsp3) is 0.600. The van der Waals surface area contributed by atoms with Gasteiger partial charge in [-0.1, -0.05) is 35.5 Å². The molecule has 2 saturated heterocycles. The van der Waals surface area contributed by atoms with Crippen molar-refractivity contribution in [2.45, 2.75) is 57.8 Å². The predicted octanol–water partition coefficient (Wildman–Crippen LogP) is 2.91. The monoisotopic (exact) mass is 484 g/mol. The summed E-state index contributed by atoms with van der Waals surface area (Å²) in [6.07, 6.45) is 3.42. The van der Waals surface area contributed by atoms with Crippen molar-refractivity contribution in [3.63, 3.8) is 0 Å². The molecular weight excluding hydrogens is 448 g/mol. The van der Waals surface area contributed by atoms with E-state index in [0.29, 0.717) is 31.4 Å². The first kappa shape index (κ1) is 24.7. The van der Waals surface area contributed by atoms with Gasteiger partial charge >= 0.3 is 0 Å². The Morgan fingerprint density at radius 1 is 1.06 bits per heavy atom. The normalized spacial score (nSPS) is 19.4. The molecule has 0 radical (unpaired) electrons. The summed E-state index contributed by atoms with van der Waals surface area (Å²) in [6, 6.07) is 8.58. The van der Waals surface area contributed by atoms with Gasteiger partial charge in [-0.2, -0.15) is 0 Å². The summed E-state index contributed by atoms with van der Waals surface area (Å²) in [6.45, 7) is 11.2. The molecule has 3 heterocycles. The number of nitrogens with zero attached hydrogens (tertiary/aromatic N) is 6. The topological polar surface area (TPSA) is 74.6 Å². The number of hydrogen-bond donors (Lipinski definition) is 0. The van der Waals surface area contributed by atoms with Crippen molar-refractivity contribution in [1.82, 2.24) is 29.5 Å². The zero-order chi connectivity index (χ0) is 24.1. The largest absolute Gasteiger partial charge is 0.339 e. The van der Waals surface area contributed by atoms with E-state index in [4.69, 9.17) is 0 Å². The lowest BCUT2D eigenvalue weighted by Crippen LogP contribution is -2.53. The number of thioether (sulfide) groups is 1. The van der Waals surface area contributed by atoms with E-state index in [1.165, 1.54) is 23.7 Å². The Labute approximate surface area is 206 Å². The molecule has 2 aromatic rings. The summed E-state index contributed by atoms with van der Waals surface area (Å²) in [4.78, 5) is 31.7. The number of piperazine rings is 1. The fourth-order valence-corrected chi connectivity index (χ4v) is 5.71. The van der Waals surface area contributed by atoms with Crippen LogP contribution in [-0.2, 0) is 16.1 Å². The van der Waals surface area contributed by atoms with Gasteiger partial charge in [0.1, 0.15) is 0 Å². The van der Waals surface area contributed by atoms with E-state index in [0.717, 1.165) is 55.6 Å². The van der Waals surface area contributed by atoms with Gasteiger partial charge in [0.25, 0.3) is 0 Å². The van der Waals surface area contributed by atoms with Gasteiger partial charge in [-0.3, -0.25) is 14.5 Å². The minimum Gasteiger partial charge on any atom is -0.339 e. The van der Waals surface area contributed by atoms with Gasteiger partial charge < -0.3 is 14.4 Å². The lowest BCUT2D eigenvalue weighted by molar-refractivity contribution is -0.136. The molecule has 184 valence electrons. The van der Waals surface area contributed by atoms with Crippen LogP contribution in [0.15, 0.2) is 29.4 Å². The van der Waals surface area contributed by atoms with Crippen molar-refractivity contribution in [2.24, 2.45) is 0 Å². The molecule has 0 aliphatic carbocycles. The number of benzene rings is 1. The number of rotatable bonds is 7. The Morgan fingerprint density at radius 3 is 2.56 bits per heavy atom. The molecule has 1 unspecified atom stereocenters. The molecule has 8 nitrogen and oxygen atoms in total. The van der Waals surface area contributed by atoms with Crippen molar-refractivity contribution >= 4 is 23.6 Å². The molecule has 9 heteroatoms. The first-order chi connectivity index (χ1) is 16.5. The number of hydrogen-bond acceptors (Lipinski definition) is 6. The van der Waals surface area contributed by atoms with Gasteiger partial charge in [-0.05, 0) is 46.1 Å². The molecule has 0 bridgehead atoms. The maximum absolute atomic E-state index is 12.9. The van der Waals surface area contributed by atoms with Crippen molar-refractivity contribution in [3.8, 4) is 11.4 Å². The van der Waals surface area contributed by atoms with Gasteiger partial charge in [-0.25, -0.2) is 0 Å². The lowest BCUT2D eigenvalue weighted by atomic mass is 10.0. The lowest BCUT2D eigenvalue weighted by Gasteiger charge is -2.38. The first-order valence-corrected chi connectivity index (χ1v) is 13.4. The Balaban J connectivity index is 1.27. The number of carbonyl (C=O) groups excluding carboxylic acids is 2. The van der Waals surface area contributed by atoms with Gasteiger partial charge in [-0.15, -0.1) is 10.2 Å². The molecule has 1 aromatic heterocycles. The van der Waals surface area contributed by atoms with Crippen LogP contribution in [0.25, 0.3) is 11.4 Å². The van der Waals surface area contributed by atoms with Gasteiger partial charge in [0.05, 0.1) is 12.3 Å². The van der Waals surface area contributed by atoms with Crippen molar-refractivity contribution in [3.05, 3.63) is 29.8 Å². The minimum absolute atomic E-state index is 0.114. The second kappa shape index (κ2) is 11.4. The van der Waals surface area contributed by atoms with Crippen LogP contribution in [-0.4, -0.2) is 92.3 Å². The third-order valence-electron chi connectivity index (χ3n) is 6.84. The van der Waals surface area contributed by atoms with Gasteiger partial charge in [0, 0.05) is 50.9 Å². The number of piperidine rings is 1. The van der Waals surface area contributed by atoms with Crippen LogP contribution in [0.2, 0.25) is 0 Å². The van der Waals surface area contributed by atoms with E-state index < -0.39 is 0 Å². The van der Waals surface area contributed by atoms with E-state index in [9.17, 15) is 9.59 Å². The summed E-state index contributed by atoms with van der Waals surface area (Å²) < 4.78 is 2.07. The average Bonchev–Trinajstić information content (AvgIpc) is 3.26. The highest BCUT2D eigenvalue weighted by Gasteiger charge is 2.27. The standard InChI is InChI=1S/C25H36N6O2S/c1-4-30-24(21-10-7-8-19(2)16-21)26-27-25(30)34-18-23(33)29-14-12-28(13-15-29)17-22(32)31-11-6-5-9-20(31)3/h7-8,10,16,20H,4-6,9,11-15,17-18H2,1-3H3. The third-order valence-corrected chi connectivity index (χ3v) is 7.79. The summed E-state index contributed by atoms with van der Waals surface area (Å²) in [5.74, 6) is 1.52. The molecule has 2 fully saturated rings. The molecular formula is C25H36N6O2S. The zero-order valence-corrected chi connectivity index (χ0v) is 21.4. The van der Waals surface area contributed by atoms with Crippen LogP contribution in [0.1, 0.15) is 38.7 Å². The molecule has 2 amide bonds. The molecule has 2 aliphatic heterocycles. The molecule has 1 aromatic carbocycles. The Bertz CT molecular complexity index is 1000. The minimum atomic E-state index is 0.114. The molecule has 2 aliphatic rings. The highest BCUT2D eigenvalue weighted by Crippen LogP contribution is 2.25. The number of carbonyl (C=O) groups is 2. The molecule has 34 heavy (non-hydrogen) atoms. The quantitative estimate of drug-likeness (QED) is 0.563. The molecule has 0 saturated carbocycles. The van der Waals surface area contributed by atoms with E-state index >= 15 is 0 Å². The molecule has 1 atom stereocenters. The number of likely N-dealkylation sites (tertiary alicyclic amines) is 1. The van der Waals surface area contributed by atoms with E-state index in [2.05, 4.69) is 52.6 Å². The second-order valence-electron chi connectivity index (χ2n) is 9.30. The van der Waals surface area contributed by atoms with E-state index in [1.807, 2.05) is 21.9 Å². The Hall–Kier alpha value is -2.39. The van der Waals surface area contributed by atoms with Crippen LogP contribution in [0.3, 0.4) is 0 Å². The van der Waals surface area contributed by atoms with Crippen molar-refractivity contribution < 1.29 is 9.59 Å². The zero-order valence-electron chi connectivity index (χ0n) is 20.6. The van der Waals surface area contributed by atoms with E-state index in [1.54, 1.807) is 0 Å². The number of amides is 2. The molecule has 0 N–H and O–H groups in total. The second-order valence-corrected chi connectivity index (χ2v) is 10.2. The van der Waals surface area contributed by atoms with Crippen LogP contribution >= 0.6 is 11.8 Å². The van der Waals surface area contributed by atoms with Crippen LogP contribution < -0.4 is 0 Å². The maximum Gasteiger partial charge on any atom is 0.236 e. The van der Waals surface area contributed by atoms with E-state index in [-0.39, 0.29) is 11.8 Å². The third kappa shape index (κ3) is 5.81. The predicted molar refractivity (Wildman–Crippen MR) is 135 cm³/mol. The highest BCUT2D eigenvalue weighted by atomic mass is 32.2. The van der Waals surface area contributed by atoms with Crippen LogP contribution in [0, 0.1) is 6.92 Å². The van der Waals surface area contributed by atoms with Crippen LogP contribution in [0.4, 0.5) is 0 Å². The number of aryl methyl sites for hydroxylation is 1. The van der Waals surface area contributed by atoms with Crippen LogP contribution in [0.5, 0.6) is 0 Å². The van der Waals surface area contributed by atoms with Gasteiger partial charge in [0.15, 0.2) is 11.0 Å². The van der Waals surface area contributed by atoms with Gasteiger partial charge in [0.2, 0.25) is 11.8 Å². The summed E-state index contributed by atoms with van der Waals surface area (Å²) in [5.41, 5.74) is 2.22. The average molecular weight is 485 g/mol. The fourth-order valence-electron chi connectivity index (χ4n) is 4.80. The SMILES string of the molecule is CCn1c(SCC(=O)N2CCN(CC(=O)N3CCCCC3C)CC2)nnc1-c1cccc(C)c1. The highest BCUT2D eigenvalue weighted by molar-refractivity contribution is 7.99. The molecule has 0 spiro atoms.